The van der Waals surface area contributed by atoms with Crippen molar-refractivity contribution in [2.45, 2.75) is 51.7 Å². The Kier molecular flexibility index (Phi) is 3.72. The summed E-state index contributed by atoms with van der Waals surface area (Å²) in [5.41, 5.74) is 0. The summed E-state index contributed by atoms with van der Waals surface area (Å²) in [7, 11) is 0. The smallest absolute Gasteiger partial charge is 0.158 e. The second kappa shape index (κ2) is 5.26. The highest BCUT2D eigenvalue weighted by molar-refractivity contribution is 4.82. The summed E-state index contributed by atoms with van der Waals surface area (Å²) >= 11 is 0. The number of aliphatic hydroxyl groups excluding tert-OH is 1. The molecule has 0 radical (unpaired) electrons. The number of hydrogen-bond acceptors (Lipinski definition) is 3. The van der Waals surface area contributed by atoms with Gasteiger partial charge in [0.05, 0.1) is 0 Å². The molecule has 0 aliphatic heterocycles. The van der Waals surface area contributed by atoms with E-state index >= 15 is 0 Å². The average molecular weight is 209 g/mol. The summed E-state index contributed by atoms with van der Waals surface area (Å²) < 4.78 is 1.97. The number of aryl methyl sites for hydroxylation is 1. The zero-order valence-corrected chi connectivity index (χ0v) is 9.10. The number of hydrogen-bond donors (Lipinski definition) is 1. The topological polar surface area (TPSA) is 50.9 Å². The van der Waals surface area contributed by atoms with Crippen LogP contribution in [0.4, 0.5) is 0 Å². The molecule has 4 nitrogen and oxygen atoms in total. The SMILES string of the molecule is OCc1nncn1CCC1CCCCC1. The molecule has 0 spiro atoms. The van der Waals surface area contributed by atoms with E-state index in [0.717, 1.165) is 12.5 Å². The fourth-order valence-electron chi connectivity index (χ4n) is 2.39. The zero-order valence-electron chi connectivity index (χ0n) is 9.10. The molecular weight excluding hydrogens is 190 g/mol. The molecule has 1 aromatic heterocycles. The predicted molar refractivity (Wildman–Crippen MR) is 57.1 cm³/mol. The van der Waals surface area contributed by atoms with Gasteiger partial charge in [-0.1, -0.05) is 32.1 Å². The zero-order chi connectivity index (χ0) is 10.5. The Hall–Kier alpha value is -0.900. The first-order chi connectivity index (χ1) is 7.40. The van der Waals surface area contributed by atoms with E-state index in [1.807, 2.05) is 4.57 Å². The van der Waals surface area contributed by atoms with Crippen LogP contribution in [0.25, 0.3) is 0 Å². The average Bonchev–Trinajstić information content (AvgIpc) is 2.75. The third-order valence-electron chi connectivity index (χ3n) is 3.34. The van der Waals surface area contributed by atoms with Crippen LogP contribution in [0.3, 0.4) is 0 Å². The molecule has 0 atom stereocenters. The molecule has 1 N–H and O–H groups in total. The maximum Gasteiger partial charge on any atom is 0.158 e. The van der Waals surface area contributed by atoms with Crippen molar-refractivity contribution in [1.82, 2.24) is 14.8 Å². The van der Waals surface area contributed by atoms with Crippen LogP contribution in [0.2, 0.25) is 0 Å². The summed E-state index contributed by atoms with van der Waals surface area (Å²) in [6.07, 6.45) is 9.84. The van der Waals surface area contributed by atoms with E-state index in [2.05, 4.69) is 10.2 Å². The van der Waals surface area contributed by atoms with Gasteiger partial charge in [0.1, 0.15) is 12.9 Å². The van der Waals surface area contributed by atoms with Crippen molar-refractivity contribution in [3.63, 3.8) is 0 Å². The van der Waals surface area contributed by atoms with Gasteiger partial charge >= 0.3 is 0 Å². The molecule has 0 aromatic carbocycles. The molecule has 4 heteroatoms. The van der Waals surface area contributed by atoms with Crippen molar-refractivity contribution in [2.75, 3.05) is 0 Å². The molecule has 1 heterocycles. The predicted octanol–water partition coefficient (Wildman–Crippen LogP) is 1.74. The van der Waals surface area contributed by atoms with Crippen LogP contribution < -0.4 is 0 Å². The van der Waals surface area contributed by atoms with Gasteiger partial charge in [0.25, 0.3) is 0 Å². The quantitative estimate of drug-likeness (QED) is 0.821. The lowest BCUT2D eigenvalue weighted by Crippen LogP contribution is -2.11. The molecule has 1 fully saturated rings. The summed E-state index contributed by atoms with van der Waals surface area (Å²) in [5, 5.41) is 16.7. The third kappa shape index (κ3) is 2.78. The Bertz CT molecular complexity index is 292. The van der Waals surface area contributed by atoms with Gasteiger partial charge in [-0.3, -0.25) is 0 Å². The molecule has 84 valence electrons. The fraction of sp³-hybridized carbons (Fsp3) is 0.818. The maximum absolute atomic E-state index is 9.02. The van der Waals surface area contributed by atoms with E-state index in [9.17, 15) is 0 Å². The van der Waals surface area contributed by atoms with Crippen LogP contribution in [0.15, 0.2) is 6.33 Å². The van der Waals surface area contributed by atoms with E-state index in [1.165, 1.54) is 38.5 Å². The Morgan fingerprint density at radius 3 is 2.87 bits per heavy atom. The molecule has 1 aliphatic rings. The van der Waals surface area contributed by atoms with E-state index in [4.69, 9.17) is 5.11 Å². The second-order valence-corrected chi connectivity index (χ2v) is 4.39. The number of rotatable bonds is 4. The first-order valence-corrected chi connectivity index (χ1v) is 5.87. The van der Waals surface area contributed by atoms with Gasteiger partial charge in [-0.25, -0.2) is 0 Å². The van der Waals surface area contributed by atoms with Gasteiger partial charge in [-0.15, -0.1) is 10.2 Å². The van der Waals surface area contributed by atoms with Gasteiger partial charge in [-0.2, -0.15) is 0 Å². The summed E-state index contributed by atoms with van der Waals surface area (Å²) in [5.74, 6) is 1.55. The van der Waals surface area contributed by atoms with Crippen LogP contribution in [0, 0.1) is 5.92 Å². The molecule has 0 saturated heterocycles. The van der Waals surface area contributed by atoms with Crippen LogP contribution in [-0.4, -0.2) is 19.9 Å². The van der Waals surface area contributed by atoms with Crippen molar-refractivity contribution in [3.8, 4) is 0 Å². The molecule has 1 aromatic rings. The molecular formula is C11H19N3O. The first kappa shape index (κ1) is 10.6. The highest BCUT2D eigenvalue weighted by Gasteiger charge is 2.13. The van der Waals surface area contributed by atoms with Gasteiger partial charge in [0.2, 0.25) is 0 Å². The van der Waals surface area contributed by atoms with Gasteiger partial charge in [-0.05, 0) is 12.3 Å². The van der Waals surface area contributed by atoms with E-state index < -0.39 is 0 Å². The van der Waals surface area contributed by atoms with Crippen LogP contribution in [0.1, 0.15) is 44.3 Å². The van der Waals surface area contributed by atoms with Gasteiger partial charge in [0, 0.05) is 6.54 Å². The highest BCUT2D eigenvalue weighted by atomic mass is 16.3. The second-order valence-electron chi connectivity index (χ2n) is 4.39. The molecule has 1 saturated carbocycles. The lowest BCUT2D eigenvalue weighted by atomic mass is 9.87. The first-order valence-electron chi connectivity index (χ1n) is 5.87. The molecule has 0 amide bonds. The van der Waals surface area contributed by atoms with Crippen LogP contribution in [0.5, 0.6) is 0 Å². The van der Waals surface area contributed by atoms with Crippen LogP contribution in [-0.2, 0) is 13.2 Å². The van der Waals surface area contributed by atoms with E-state index in [1.54, 1.807) is 6.33 Å². The molecule has 0 bridgehead atoms. The standard InChI is InChI=1S/C11H19N3O/c15-8-11-13-12-9-14(11)7-6-10-4-2-1-3-5-10/h9-10,15H,1-8H2. The van der Waals surface area contributed by atoms with Crippen molar-refractivity contribution >= 4 is 0 Å². The molecule has 15 heavy (non-hydrogen) atoms. The summed E-state index contributed by atoms with van der Waals surface area (Å²) in [6, 6.07) is 0. The lowest BCUT2D eigenvalue weighted by molar-refractivity contribution is 0.260. The van der Waals surface area contributed by atoms with Crippen molar-refractivity contribution in [1.29, 1.82) is 0 Å². The Labute approximate surface area is 90.3 Å². The lowest BCUT2D eigenvalue weighted by Gasteiger charge is -2.21. The fourth-order valence-corrected chi connectivity index (χ4v) is 2.39. The highest BCUT2D eigenvalue weighted by Crippen LogP contribution is 2.26. The minimum Gasteiger partial charge on any atom is -0.388 e. The van der Waals surface area contributed by atoms with Crippen molar-refractivity contribution < 1.29 is 5.11 Å². The van der Waals surface area contributed by atoms with Gasteiger partial charge < -0.3 is 9.67 Å². The summed E-state index contributed by atoms with van der Waals surface area (Å²) in [6.45, 7) is 0.943. The minimum absolute atomic E-state index is 0.00926. The molecule has 2 rings (SSSR count). The largest absolute Gasteiger partial charge is 0.388 e. The number of aliphatic hydroxyl groups is 1. The monoisotopic (exact) mass is 209 g/mol. The molecule has 1 aliphatic carbocycles. The maximum atomic E-state index is 9.02. The van der Waals surface area contributed by atoms with E-state index in [-0.39, 0.29) is 6.61 Å². The minimum atomic E-state index is -0.00926. The Balaban J connectivity index is 1.81. The number of nitrogens with zero attached hydrogens (tertiary/aromatic N) is 3. The van der Waals surface area contributed by atoms with Crippen molar-refractivity contribution in [3.05, 3.63) is 12.2 Å². The third-order valence-corrected chi connectivity index (χ3v) is 3.34. The normalized spacial score (nSPS) is 18.2. The summed E-state index contributed by atoms with van der Waals surface area (Å²) in [4.78, 5) is 0. The van der Waals surface area contributed by atoms with E-state index in [0.29, 0.717) is 5.82 Å². The Morgan fingerprint density at radius 2 is 2.13 bits per heavy atom. The molecule has 0 unspecified atom stereocenters. The van der Waals surface area contributed by atoms with Crippen LogP contribution >= 0.6 is 0 Å². The number of aromatic nitrogens is 3. The van der Waals surface area contributed by atoms with Gasteiger partial charge in [0.15, 0.2) is 5.82 Å². The Morgan fingerprint density at radius 1 is 1.33 bits per heavy atom. The van der Waals surface area contributed by atoms with Crippen molar-refractivity contribution in [2.24, 2.45) is 5.92 Å².